The molecule has 4 fully saturated rings. The molecular weight excluding hydrogens is 528 g/mol. The van der Waals surface area contributed by atoms with Crippen LogP contribution in [0.4, 0.5) is 0 Å². The monoisotopic (exact) mass is 566 g/mol. The smallest absolute Gasteiger partial charge is 0.0907 e. The van der Waals surface area contributed by atoms with Crippen molar-refractivity contribution in [1.82, 2.24) is 0 Å². The van der Waals surface area contributed by atoms with E-state index in [2.05, 4.69) is 0 Å². The lowest BCUT2D eigenvalue weighted by molar-refractivity contribution is 0.132. The highest BCUT2D eigenvalue weighted by Gasteiger charge is 2.32. The van der Waals surface area contributed by atoms with E-state index in [1.54, 1.807) is 24.7 Å². The summed E-state index contributed by atoms with van der Waals surface area (Å²) in [5.74, 6) is 0. The van der Waals surface area contributed by atoms with Crippen LogP contribution in [0.1, 0.15) is 83.5 Å². The summed E-state index contributed by atoms with van der Waals surface area (Å²) in [5, 5.41) is 43.2. The zero-order chi connectivity index (χ0) is 28.3. The van der Waals surface area contributed by atoms with Crippen LogP contribution >= 0.6 is 0 Å². The van der Waals surface area contributed by atoms with E-state index in [0.717, 1.165) is 11.1 Å². The van der Waals surface area contributed by atoms with Crippen molar-refractivity contribution in [3.05, 3.63) is 82.3 Å². The van der Waals surface area contributed by atoms with Gasteiger partial charge < -0.3 is 44.1 Å². The van der Waals surface area contributed by atoms with Gasteiger partial charge in [-0.3, -0.25) is 0 Å². The van der Waals surface area contributed by atoms with E-state index in [-0.39, 0.29) is 24.4 Å². The molecule has 8 unspecified atom stereocenters. The summed E-state index contributed by atoms with van der Waals surface area (Å²) in [7, 11) is 0. The maximum atomic E-state index is 10.8. The largest absolute Gasteiger partial charge is 0.473 e. The van der Waals surface area contributed by atoms with Gasteiger partial charge in [0, 0.05) is 25.7 Å². The first kappa shape index (κ1) is 28.5. The van der Waals surface area contributed by atoms with Crippen LogP contribution in [0.25, 0.3) is 12.2 Å². The van der Waals surface area contributed by atoms with Gasteiger partial charge in [-0.1, -0.05) is 24.3 Å². The Morgan fingerprint density at radius 1 is 0.561 bits per heavy atom. The second-order valence-corrected chi connectivity index (χ2v) is 11.3. The zero-order valence-corrected chi connectivity index (χ0v) is 22.9. The van der Waals surface area contributed by atoms with E-state index >= 15 is 0 Å². The zero-order valence-electron chi connectivity index (χ0n) is 22.9. The number of benzene rings is 2. The molecule has 4 aliphatic rings. The summed E-state index contributed by atoms with van der Waals surface area (Å²) < 4.78 is 26.7. The first-order valence-corrected chi connectivity index (χ1v) is 14.4. The van der Waals surface area contributed by atoms with Gasteiger partial charge in [0.1, 0.15) is 0 Å². The quantitative estimate of drug-likeness (QED) is 0.177. The van der Waals surface area contributed by atoms with Crippen molar-refractivity contribution in [2.75, 3.05) is 26.4 Å². The lowest BCUT2D eigenvalue weighted by Crippen LogP contribution is -2.10. The van der Waals surface area contributed by atoms with E-state index in [1.165, 1.54) is 0 Å². The standard InChI is InChI=1S/C32H38O9/c33-29(11-21-15-38-21)25-3-1-19(9-27(25)31(35)13-23-17-40-23)5-7-37-8-6-20-2-4-26(30(34)12-22-16-39-22)28(10-20)32(36)14-24-18-41-24/h1-10,21-24,29-36H,11-18H2. The number of aliphatic hydroxyl groups is 4. The third kappa shape index (κ3) is 8.24. The molecule has 41 heavy (non-hydrogen) atoms. The Morgan fingerprint density at radius 3 is 1.20 bits per heavy atom. The van der Waals surface area contributed by atoms with Gasteiger partial charge in [0.05, 0.1) is 87.8 Å². The molecule has 0 aromatic heterocycles. The van der Waals surface area contributed by atoms with Gasteiger partial charge in [-0.15, -0.1) is 0 Å². The van der Waals surface area contributed by atoms with E-state index in [9.17, 15) is 20.4 Å². The molecular formula is C32H38O9. The topological polar surface area (TPSA) is 140 Å². The molecule has 4 saturated heterocycles. The molecule has 4 heterocycles. The number of rotatable bonds is 16. The molecule has 4 N–H and O–H groups in total. The maximum Gasteiger partial charge on any atom is 0.0907 e. The Morgan fingerprint density at radius 2 is 0.878 bits per heavy atom. The van der Waals surface area contributed by atoms with E-state index < -0.39 is 24.4 Å². The highest BCUT2D eigenvalue weighted by atomic mass is 16.6. The molecule has 0 spiro atoms. The van der Waals surface area contributed by atoms with Gasteiger partial charge >= 0.3 is 0 Å². The summed E-state index contributed by atoms with van der Waals surface area (Å²) in [5.41, 5.74) is 4.43. The molecule has 9 heteroatoms. The molecule has 6 rings (SSSR count). The minimum absolute atomic E-state index is 0.0580. The van der Waals surface area contributed by atoms with Crippen LogP contribution in [-0.2, 0) is 23.7 Å². The van der Waals surface area contributed by atoms with Crippen molar-refractivity contribution >= 4 is 12.2 Å². The van der Waals surface area contributed by atoms with Gasteiger partial charge in [-0.2, -0.15) is 0 Å². The molecule has 220 valence electrons. The summed E-state index contributed by atoms with van der Waals surface area (Å²) in [6.45, 7) is 2.63. The van der Waals surface area contributed by atoms with E-state index in [1.807, 2.05) is 36.4 Å². The van der Waals surface area contributed by atoms with Gasteiger partial charge in [0.25, 0.3) is 0 Å². The number of hydrogen-bond donors (Lipinski definition) is 4. The summed E-state index contributed by atoms with van der Waals surface area (Å²) in [6, 6.07) is 11.2. The summed E-state index contributed by atoms with van der Waals surface area (Å²) >= 11 is 0. The Kier molecular flexibility index (Phi) is 8.85. The normalized spacial score (nSPS) is 27.5. The Labute approximate surface area is 239 Å². The number of epoxide rings is 4. The first-order chi connectivity index (χ1) is 19.9. The van der Waals surface area contributed by atoms with Crippen molar-refractivity contribution < 1.29 is 44.1 Å². The molecule has 0 bridgehead atoms. The average Bonchev–Trinajstić information content (AvgIpc) is 3.76. The van der Waals surface area contributed by atoms with Crippen LogP contribution in [0.5, 0.6) is 0 Å². The Bertz CT molecular complexity index is 1150. The van der Waals surface area contributed by atoms with Crippen molar-refractivity contribution in [1.29, 1.82) is 0 Å². The minimum Gasteiger partial charge on any atom is -0.473 e. The van der Waals surface area contributed by atoms with Gasteiger partial charge in [-0.05, 0) is 57.7 Å². The van der Waals surface area contributed by atoms with E-state index in [0.29, 0.717) is 74.4 Å². The fourth-order valence-electron chi connectivity index (χ4n) is 5.18. The minimum atomic E-state index is -0.740. The SMILES string of the molecule is OC(CC1CO1)c1ccc(C=COC=Cc2ccc(C(O)CC3CO3)c(C(O)CC3CO3)c2)cc1C(O)CC1CO1. The van der Waals surface area contributed by atoms with Crippen LogP contribution < -0.4 is 0 Å². The molecule has 0 amide bonds. The van der Waals surface area contributed by atoms with Crippen LogP contribution in [0.3, 0.4) is 0 Å². The van der Waals surface area contributed by atoms with Crippen LogP contribution in [0, 0.1) is 0 Å². The Hall–Kier alpha value is -2.60. The second-order valence-electron chi connectivity index (χ2n) is 11.3. The lowest BCUT2D eigenvalue weighted by Gasteiger charge is -2.19. The van der Waals surface area contributed by atoms with Gasteiger partial charge in [0.2, 0.25) is 0 Å². The fraction of sp³-hybridized carbons (Fsp3) is 0.500. The van der Waals surface area contributed by atoms with E-state index in [4.69, 9.17) is 23.7 Å². The number of hydrogen-bond acceptors (Lipinski definition) is 9. The molecule has 2 aromatic rings. The Balaban J connectivity index is 1.11. The van der Waals surface area contributed by atoms with Gasteiger partial charge in [-0.25, -0.2) is 0 Å². The van der Waals surface area contributed by atoms with Crippen LogP contribution in [0.2, 0.25) is 0 Å². The number of aliphatic hydroxyl groups excluding tert-OH is 4. The predicted molar refractivity (Wildman–Crippen MR) is 149 cm³/mol. The molecule has 2 aromatic carbocycles. The van der Waals surface area contributed by atoms with Crippen molar-refractivity contribution in [3.8, 4) is 0 Å². The van der Waals surface area contributed by atoms with Crippen LogP contribution in [-0.4, -0.2) is 71.3 Å². The lowest BCUT2D eigenvalue weighted by atomic mass is 9.92. The number of ether oxygens (including phenoxy) is 5. The highest BCUT2D eigenvalue weighted by Crippen LogP contribution is 2.36. The maximum absolute atomic E-state index is 10.8. The molecule has 8 atom stereocenters. The highest BCUT2D eigenvalue weighted by molar-refractivity contribution is 5.54. The predicted octanol–water partition coefficient (Wildman–Crippen LogP) is 3.63. The van der Waals surface area contributed by atoms with Gasteiger partial charge in [0.15, 0.2) is 0 Å². The van der Waals surface area contributed by atoms with Crippen molar-refractivity contribution in [3.63, 3.8) is 0 Å². The van der Waals surface area contributed by atoms with Crippen molar-refractivity contribution in [2.24, 2.45) is 0 Å². The summed E-state index contributed by atoms with van der Waals surface area (Å²) in [6.07, 6.45) is 6.03. The average molecular weight is 567 g/mol. The summed E-state index contributed by atoms with van der Waals surface area (Å²) in [4.78, 5) is 0. The third-order valence-electron chi connectivity index (χ3n) is 7.89. The molecule has 0 aliphatic carbocycles. The molecule has 0 radical (unpaired) electrons. The molecule has 4 aliphatic heterocycles. The van der Waals surface area contributed by atoms with Crippen LogP contribution in [0.15, 0.2) is 48.9 Å². The fourth-order valence-corrected chi connectivity index (χ4v) is 5.18. The molecule has 9 nitrogen and oxygen atoms in total. The second kappa shape index (κ2) is 12.7. The first-order valence-electron chi connectivity index (χ1n) is 14.4. The molecule has 0 saturated carbocycles. The van der Waals surface area contributed by atoms with Crippen molar-refractivity contribution in [2.45, 2.75) is 74.5 Å². The third-order valence-corrected chi connectivity index (χ3v) is 7.89.